The zero-order chi connectivity index (χ0) is 12.1. The predicted octanol–water partition coefficient (Wildman–Crippen LogP) is 2.18. The Morgan fingerprint density at radius 3 is 2.20 bits per heavy atom. The Balaban J connectivity index is 4.11. The molecule has 0 rings (SSSR count). The number of rotatable bonds is 4. The van der Waals surface area contributed by atoms with Crippen molar-refractivity contribution < 1.29 is 14.3 Å². The fraction of sp³-hybridized carbons (Fsp3) is 0.909. The lowest BCUT2D eigenvalue weighted by atomic mass is 10.1. The van der Waals surface area contributed by atoms with Gasteiger partial charge in [-0.25, -0.2) is 4.79 Å². The highest BCUT2D eigenvalue weighted by molar-refractivity contribution is 5.68. The average molecular weight is 217 g/mol. The highest BCUT2D eigenvalue weighted by atomic mass is 16.6. The molecule has 0 aromatic rings. The van der Waals surface area contributed by atoms with Gasteiger partial charge in [-0.2, -0.15) is 0 Å². The summed E-state index contributed by atoms with van der Waals surface area (Å²) < 4.78 is 10.2. The number of methoxy groups -OCH3 is 1. The molecule has 0 heterocycles. The van der Waals surface area contributed by atoms with Crippen LogP contribution in [0.3, 0.4) is 0 Å². The number of amides is 1. The third kappa shape index (κ3) is 7.19. The summed E-state index contributed by atoms with van der Waals surface area (Å²) >= 11 is 0. The molecular formula is C11H23NO3. The van der Waals surface area contributed by atoms with E-state index in [0.717, 1.165) is 0 Å². The largest absolute Gasteiger partial charge is 0.444 e. The first-order valence-electron chi connectivity index (χ1n) is 5.24. The van der Waals surface area contributed by atoms with Gasteiger partial charge in [0.2, 0.25) is 0 Å². The molecule has 1 atom stereocenters. The fourth-order valence-electron chi connectivity index (χ4n) is 1.04. The zero-order valence-electron chi connectivity index (χ0n) is 10.6. The molecule has 0 aromatic heterocycles. The molecule has 0 aliphatic rings. The van der Waals surface area contributed by atoms with E-state index in [1.165, 1.54) is 0 Å². The minimum absolute atomic E-state index is 0.00940. The van der Waals surface area contributed by atoms with Gasteiger partial charge < -0.3 is 14.8 Å². The molecule has 0 saturated heterocycles. The molecular weight excluding hydrogens is 194 g/mol. The molecule has 1 N–H and O–H groups in total. The van der Waals surface area contributed by atoms with Crippen LogP contribution in [0.4, 0.5) is 4.79 Å². The molecule has 0 fully saturated rings. The second-order valence-electron chi connectivity index (χ2n) is 4.95. The summed E-state index contributed by atoms with van der Waals surface area (Å²) in [5.41, 5.74) is -0.460. The van der Waals surface area contributed by atoms with Gasteiger partial charge in [0.25, 0.3) is 0 Å². The SMILES string of the molecule is COCC(NC(=O)OC(C)(C)C)C(C)C. The Kier molecular flexibility index (Phi) is 5.65. The number of ether oxygens (including phenoxy) is 2. The van der Waals surface area contributed by atoms with Crippen LogP contribution in [0.2, 0.25) is 0 Å². The number of carbonyl (C=O) groups is 1. The Morgan fingerprint density at radius 1 is 1.33 bits per heavy atom. The molecule has 4 nitrogen and oxygen atoms in total. The van der Waals surface area contributed by atoms with Crippen molar-refractivity contribution >= 4 is 6.09 Å². The van der Waals surface area contributed by atoms with Crippen molar-refractivity contribution in [3.05, 3.63) is 0 Å². The quantitative estimate of drug-likeness (QED) is 0.785. The topological polar surface area (TPSA) is 47.6 Å². The summed E-state index contributed by atoms with van der Waals surface area (Å²) in [7, 11) is 1.62. The van der Waals surface area contributed by atoms with Crippen LogP contribution < -0.4 is 5.32 Å². The van der Waals surface area contributed by atoms with Crippen LogP contribution in [0.1, 0.15) is 34.6 Å². The highest BCUT2D eigenvalue weighted by Gasteiger charge is 2.21. The third-order valence-electron chi connectivity index (χ3n) is 1.85. The smallest absolute Gasteiger partial charge is 0.407 e. The van der Waals surface area contributed by atoms with E-state index < -0.39 is 11.7 Å². The van der Waals surface area contributed by atoms with Crippen molar-refractivity contribution in [3.8, 4) is 0 Å². The first-order chi connectivity index (χ1) is 6.76. The monoisotopic (exact) mass is 217 g/mol. The number of hydrogen-bond donors (Lipinski definition) is 1. The number of hydrogen-bond acceptors (Lipinski definition) is 3. The molecule has 0 bridgehead atoms. The van der Waals surface area contributed by atoms with Crippen LogP contribution in [-0.4, -0.2) is 31.5 Å². The van der Waals surface area contributed by atoms with Gasteiger partial charge in [-0.05, 0) is 26.7 Å². The van der Waals surface area contributed by atoms with Crippen molar-refractivity contribution in [2.45, 2.75) is 46.3 Å². The van der Waals surface area contributed by atoms with E-state index in [0.29, 0.717) is 12.5 Å². The van der Waals surface area contributed by atoms with Crippen LogP contribution in [0.25, 0.3) is 0 Å². The second-order valence-corrected chi connectivity index (χ2v) is 4.95. The minimum Gasteiger partial charge on any atom is -0.444 e. The van der Waals surface area contributed by atoms with Crippen molar-refractivity contribution in [1.82, 2.24) is 5.32 Å². The van der Waals surface area contributed by atoms with E-state index in [1.54, 1.807) is 7.11 Å². The van der Waals surface area contributed by atoms with E-state index >= 15 is 0 Å². The summed E-state index contributed by atoms with van der Waals surface area (Å²) in [6, 6.07) is -0.00940. The van der Waals surface area contributed by atoms with Gasteiger partial charge >= 0.3 is 6.09 Å². The lowest BCUT2D eigenvalue weighted by molar-refractivity contribution is 0.0443. The normalized spacial score (nSPS) is 13.8. The van der Waals surface area contributed by atoms with Gasteiger partial charge in [-0.1, -0.05) is 13.8 Å². The zero-order valence-corrected chi connectivity index (χ0v) is 10.6. The molecule has 0 aliphatic heterocycles. The van der Waals surface area contributed by atoms with Gasteiger partial charge in [-0.15, -0.1) is 0 Å². The van der Waals surface area contributed by atoms with E-state index in [9.17, 15) is 4.79 Å². The minimum atomic E-state index is -0.460. The van der Waals surface area contributed by atoms with Gasteiger partial charge in [0, 0.05) is 7.11 Å². The van der Waals surface area contributed by atoms with E-state index in [1.807, 2.05) is 34.6 Å². The molecule has 0 radical (unpaired) electrons. The van der Waals surface area contributed by atoms with Crippen LogP contribution in [0.5, 0.6) is 0 Å². The fourth-order valence-corrected chi connectivity index (χ4v) is 1.04. The number of nitrogens with one attached hydrogen (secondary N) is 1. The van der Waals surface area contributed by atoms with Crippen molar-refractivity contribution in [2.24, 2.45) is 5.92 Å². The van der Waals surface area contributed by atoms with E-state index in [-0.39, 0.29) is 6.04 Å². The summed E-state index contributed by atoms with van der Waals surface area (Å²) in [6.45, 7) is 10.1. The Bertz CT molecular complexity index is 196. The average Bonchev–Trinajstić information content (AvgIpc) is 1.99. The first-order valence-corrected chi connectivity index (χ1v) is 5.24. The van der Waals surface area contributed by atoms with Crippen LogP contribution >= 0.6 is 0 Å². The van der Waals surface area contributed by atoms with E-state index in [2.05, 4.69) is 5.32 Å². The van der Waals surface area contributed by atoms with Gasteiger partial charge in [0.1, 0.15) is 5.60 Å². The lowest BCUT2D eigenvalue weighted by Crippen LogP contribution is -2.44. The van der Waals surface area contributed by atoms with Crippen LogP contribution in [0, 0.1) is 5.92 Å². The predicted molar refractivity (Wildman–Crippen MR) is 59.9 cm³/mol. The van der Waals surface area contributed by atoms with Crippen LogP contribution in [0.15, 0.2) is 0 Å². The Morgan fingerprint density at radius 2 is 1.87 bits per heavy atom. The number of alkyl carbamates (subject to hydrolysis) is 1. The lowest BCUT2D eigenvalue weighted by Gasteiger charge is -2.25. The molecule has 0 spiro atoms. The van der Waals surface area contributed by atoms with Crippen molar-refractivity contribution in [1.29, 1.82) is 0 Å². The molecule has 90 valence electrons. The van der Waals surface area contributed by atoms with Gasteiger partial charge in [-0.3, -0.25) is 0 Å². The Hall–Kier alpha value is -0.770. The van der Waals surface area contributed by atoms with Crippen molar-refractivity contribution in [3.63, 3.8) is 0 Å². The number of carbonyl (C=O) groups excluding carboxylic acids is 1. The summed E-state index contributed by atoms with van der Waals surface area (Å²) in [5.74, 6) is 0.317. The summed E-state index contributed by atoms with van der Waals surface area (Å²) in [4.78, 5) is 11.5. The standard InChI is InChI=1S/C11H23NO3/c1-8(2)9(7-14-6)12-10(13)15-11(3,4)5/h8-9H,7H2,1-6H3,(H,12,13). The highest BCUT2D eigenvalue weighted by Crippen LogP contribution is 2.08. The van der Waals surface area contributed by atoms with Gasteiger partial charge in [0.15, 0.2) is 0 Å². The summed E-state index contributed by atoms with van der Waals surface area (Å²) in [5, 5.41) is 2.79. The maximum absolute atomic E-state index is 11.5. The van der Waals surface area contributed by atoms with Gasteiger partial charge in [0.05, 0.1) is 12.6 Å². The second kappa shape index (κ2) is 5.95. The van der Waals surface area contributed by atoms with E-state index in [4.69, 9.17) is 9.47 Å². The molecule has 4 heteroatoms. The van der Waals surface area contributed by atoms with Crippen molar-refractivity contribution in [2.75, 3.05) is 13.7 Å². The Labute approximate surface area is 92.3 Å². The molecule has 0 aromatic carbocycles. The molecule has 0 saturated carbocycles. The molecule has 1 unspecified atom stereocenters. The molecule has 1 amide bonds. The first kappa shape index (κ1) is 14.2. The van der Waals surface area contributed by atoms with Crippen LogP contribution in [-0.2, 0) is 9.47 Å². The maximum atomic E-state index is 11.5. The molecule has 0 aliphatic carbocycles. The maximum Gasteiger partial charge on any atom is 0.407 e. The molecule has 15 heavy (non-hydrogen) atoms. The third-order valence-corrected chi connectivity index (χ3v) is 1.85. The summed E-state index contributed by atoms with van der Waals surface area (Å²) in [6.07, 6.45) is -0.391.